The second-order valence-corrected chi connectivity index (χ2v) is 4.10. The second kappa shape index (κ2) is 7.98. The average Bonchev–Trinajstić information content (AvgIpc) is 2.30. The Morgan fingerprint density at radius 1 is 0.944 bits per heavy atom. The maximum atomic E-state index is 10.3. The van der Waals surface area contributed by atoms with Gasteiger partial charge in [0.05, 0.1) is 0 Å². The zero-order chi connectivity index (χ0) is 13.4. The lowest BCUT2D eigenvalue weighted by Gasteiger charge is -2.31. The van der Waals surface area contributed by atoms with E-state index in [2.05, 4.69) is 11.0 Å². The van der Waals surface area contributed by atoms with Crippen LogP contribution in [0.25, 0.3) is 0 Å². The summed E-state index contributed by atoms with van der Waals surface area (Å²) in [5.74, 6) is -2.10. The zero-order valence-electron chi connectivity index (χ0n) is 9.92. The van der Waals surface area contributed by atoms with Crippen LogP contribution in [0.15, 0.2) is 0 Å². The van der Waals surface area contributed by atoms with Crippen LogP contribution >= 0.6 is 0 Å². The molecular formula is C10H18N2O6. The summed E-state index contributed by atoms with van der Waals surface area (Å²) in [6.07, 6.45) is 3.64. The highest BCUT2D eigenvalue weighted by Crippen LogP contribution is 2.18. The number of rotatable bonds is 8. The van der Waals surface area contributed by atoms with Crippen LogP contribution in [0, 0.1) is 0 Å². The van der Waals surface area contributed by atoms with Gasteiger partial charge in [-0.15, -0.1) is 0 Å². The molecule has 0 bridgehead atoms. The summed E-state index contributed by atoms with van der Waals surface area (Å²) >= 11 is 0. The largest absolute Gasteiger partial charge is 0.479 e. The van der Waals surface area contributed by atoms with E-state index < -0.39 is 25.2 Å². The fourth-order valence-electron chi connectivity index (χ4n) is 1.83. The quantitative estimate of drug-likeness (QED) is 0.433. The molecule has 1 saturated carbocycles. The van der Waals surface area contributed by atoms with Gasteiger partial charge in [0.1, 0.15) is 0 Å². The van der Waals surface area contributed by atoms with Gasteiger partial charge in [0.15, 0.2) is 13.2 Å². The van der Waals surface area contributed by atoms with Crippen molar-refractivity contribution in [3.8, 4) is 0 Å². The van der Waals surface area contributed by atoms with Crippen molar-refractivity contribution in [1.82, 2.24) is 11.0 Å². The molecule has 8 heteroatoms. The molecule has 1 aliphatic carbocycles. The molecule has 0 spiro atoms. The Bertz CT molecular complexity index is 258. The van der Waals surface area contributed by atoms with E-state index in [9.17, 15) is 9.59 Å². The molecule has 0 aromatic rings. The van der Waals surface area contributed by atoms with Crippen molar-refractivity contribution < 1.29 is 29.5 Å². The summed E-state index contributed by atoms with van der Waals surface area (Å²) in [7, 11) is 0. The predicted octanol–water partition coefficient (Wildman–Crippen LogP) is -0.491. The number of hydrogen-bond donors (Lipinski definition) is 4. The Balaban J connectivity index is 2.27. The molecule has 0 aliphatic heterocycles. The van der Waals surface area contributed by atoms with Gasteiger partial charge in [0.25, 0.3) is 0 Å². The molecule has 104 valence electrons. The summed E-state index contributed by atoms with van der Waals surface area (Å²) in [6.45, 7) is -0.835. The van der Waals surface area contributed by atoms with Crippen LogP contribution in [-0.2, 0) is 19.3 Å². The molecule has 0 heterocycles. The molecule has 1 fully saturated rings. The molecule has 1 aliphatic rings. The average molecular weight is 262 g/mol. The minimum atomic E-state index is -1.05. The Hall–Kier alpha value is -1.22. The van der Waals surface area contributed by atoms with E-state index in [1.54, 1.807) is 0 Å². The highest BCUT2D eigenvalue weighted by molar-refractivity contribution is 5.68. The van der Waals surface area contributed by atoms with Crippen molar-refractivity contribution in [2.45, 2.75) is 37.8 Å². The third kappa shape index (κ3) is 5.92. The standard InChI is InChI=1S/C10H18N2O6/c13-9(14)5-17-11-7-3-1-2-4-8(7)12-18-6-10(15)16/h7-8,11-12H,1-6H2,(H,13,14)(H,15,16)/t7-,8+. The van der Waals surface area contributed by atoms with E-state index in [1.165, 1.54) is 0 Å². The molecule has 0 unspecified atom stereocenters. The third-order valence-corrected chi connectivity index (χ3v) is 2.63. The van der Waals surface area contributed by atoms with Gasteiger partial charge in [0, 0.05) is 12.1 Å². The first-order chi connectivity index (χ1) is 8.59. The second-order valence-electron chi connectivity index (χ2n) is 4.10. The monoisotopic (exact) mass is 262 g/mol. The smallest absolute Gasteiger partial charge is 0.331 e. The van der Waals surface area contributed by atoms with Crippen molar-refractivity contribution in [3.05, 3.63) is 0 Å². The van der Waals surface area contributed by atoms with Crippen molar-refractivity contribution >= 4 is 11.9 Å². The Kier molecular flexibility index (Phi) is 6.58. The van der Waals surface area contributed by atoms with E-state index in [0.29, 0.717) is 0 Å². The molecule has 0 radical (unpaired) electrons. The summed E-state index contributed by atoms with van der Waals surface area (Å²) in [5.41, 5.74) is 5.34. The van der Waals surface area contributed by atoms with Crippen LogP contribution in [0.1, 0.15) is 25.7 Å². The summed E-state index contributed by atoms with van der Waals surface area (Å²) < 4.78 is 0. The van der Waals surface area contributed by atoms with Crippen LogP contribution < -0.4 is 11.0 Å². The minimum Gasteiger partial charge on any atom is -0.479 e. The lowest BCUT2D eigenvalue weighted by molar-refractivity contribution is -0.150. The van der Waals surface area contributed by atoms with E-state index in [4.69, 9.17) is 19.9 Å². The van der Waals surface area contributed by atoms with E-state index in [1.807, 2.05) is 0 Å². The van der Waals surface area contributed by atoms with Crippen molar-refractivity contribution in [2.24, 2.45) is 0 Å². The minimum absolute atomic E-state index is 0.0908. The van der Waals surface area contributed by atoms with Gasteiger partial charge in [-0.25, -0.2) is 9.59 Å². The molecule has 4 N–H and O–H groups in total. The van der Waals surface area contributed by atoms with Crippen molar-refractivity contribution in [1.29, 1.82) is 0 Å². The number of nitrogens with one attached hydrogen (secondary N) is 2. The fraction of sp³-hybridized carbons (Fsp3) is 0.800. The van der Waals surface area contributed by atoms with E-state index >= 15 is 0 Å². The van der Waals surface area contributed by atoms with Crippen molar-refractivity contribution in [2.75, 3.05) is 13.2 Å². The molecule has 2 atom stereocenters. The number of aliphatic carboxylic acids is 2. The van der Waals surface area contributed by atoms with Gasteiger partial charge in [-0.05, 0) is 12.8 Å². The van der Waals surface area contributed by atoms with E-state index in [-0.39, 0.29) is 12.1 Å². The lowest BCUT2D eigenvalue weighted by atomic mass is 9.91. The Morgan fingerprint density at radius 2 is 1.33 bits per heavy atom. The number of hydroxylamine groups is 2. The van der Waals surface area contributed by atoms with Crippen LogP contribution in [-0.4, -0.2) is 47.4 Å². The summed E-state index contributed by atoms with van der Waals surface area (Å²) in [5, 5.41) is 16.9. The predicted molar refractivity (Wildman–Crippen MR) is 59.5 cm³/mol. The molecule has 0 amide bonds. The van der Waals surface area contributed by atoms with Gasteiger partial charge in [-0.1, -0.05) is 12.8 Å². The molecule has 0 saturated heterocycles. The van der Waals surface area contributed by atoms with Gasteiger partial charge >= 0.3 is 11.9 Å². The number of carbonyl (C=O) groups is 2. The first-order valence-corrected chi connectivity index (χ1v) is 5.78. The molecule has 0 aromatic carbocycles. The maximum Gasteiger partial charge on any atom is 0.331 e. The summed E-state index contributed by atoms with van der Waals surface area (Å²) in [6, 6.07) is -0.182. The number of carboxylic acids is 2. The highest BCUT2D eigenvalue weighted by atomic mass is 16.7. The van der Waals surface area contributed by atoms with Crippen LogP contribution in [0.2, 0.25) is 0 Å². The zero-order valence-corrected chi connectivity index (χ0v) is 9.92. The van der Waals surface area contributed by atoms with Gasteiger partial charge in [-0.3, -0.25) is 9.68 Å². The topological polar surface area (TPSA) is 117 Å². The summed E-state index contributed by atoms with van der Waals surface area (Å²) in [4.78, 5) is 30.3. The van der Waals surface area contributed by atoms with Crippen LogP contribution in [0.4, 0.5) is 0 Å². The Morgan fingerprint density at radius 3 is 1.67 bits per heavy atom. The molecule has 1 rings (SSSR count). The number of carboxylic acid groups (broad SMARTS) is 2. The van der Waals surface area contributed by atoms with Gasteiger partial charge in [0.2, 0.25) is 0 Å². The van der Waals surface area contributed by atoms with E-state index in [0.717, 1.165) is 25.7 Å². The first kappa shape index (κ1) is 14.8. The molecule has 8 nitrogen and oxygen atoms in total. The third-order valence-electron chi connectivity index (χ3n) is 2.63. The molecule has 18 heavy (non-hydrogen) atoms. The highest BCUT2D eigenvalue weighted by Gasteiger charge is 2.25. The number of hydrogen-bond acceptors (Lipinski definition) is 6. The van der Waals surface area contributed by atoms with Gasteiger partial charge < -0.3 is 10.2 Å². The molecular weight excluding hydrogens is 244 g/mol. The first-order valence-electron chi connectivity index (χ1n) is 5.78. The molecule has 0 aromatic heterocycles. The van der Waals surface area contributed by atoms with Crippen molar-refractivity contribution in [3.63, 3.8) is 0 Å². The SMILES string of the molecule is O=C(O)CON[C@H]1CCCC[C@H]1NOCC(=O)O. The van der Waals surface area contributed by atoms with Crippen LogP contribution in [0.3, 0.4) is 0 Å². The lowest BCUT2D eigenvalue weighted by Crippen LogP contribution is -2.50. The fourth-order valence-corrected chi connectivity index (χ4v) is 1.83. The normalized spacial score (nSPS) is 23.8. The van der Waals surface area contributed by atoms with Crippen LogP contribution in [0.5, 0.6) is 0 Å². The van der Waals surface area contributed by atoms with Gasteiger partial charge in [-0.2, -0.15) is 11.0 Å². The maximum absolute atomic E-state index is 10.3. The Labute approximate surface area is 104 Å².